The summed E-state index contributed by atoms with van der Waals surface area (Å²) in [4.78, 5) is 16.3. The fourth-order valence-electron chi connectivity index (χ4n) is 2.39. The van der Waals surface area contributed by atoms with E-state index in [1.165, 1.54) is 0 Å². The Morgan fingerprint density at radius 1 is 1.08 bits per heavy atom. The van der Waals surface area contributed by atoms with Gasteiger partial charge in [0, 0.05) is 23.8 Å². The Morgan fingerprint density at radius 3 is 2.50 bits per heavy atom. The number of carbonyl (C=O) groups is 1. The van der Waals surface area contributed by atoms with Crippen molar-refractivity contribution in [1.29, 1.82) is 0 Å². The lowest BCUT2D eigenvalue weighted by Gasteiger charge is -2.06. The number of thioether (sulfide) groups is 1. The average Bonchev–Trinajstić information content (AvgIpc) is 3.02. The van der Waals surface area contributed by atoms with Gasteiger partial charge >= 0.3 is 0 Å². The highest BCUT2D eigenvalue weighted by Crippen LogP contribution is 2.25. The number of aryl methyl sites for hydroxylation is 2. The number of furan rings is 1. The highest BCUT2D eigenvalue weighted by Gasteiger charge is 2.12. The van der Waals surface area contributed by atoms with Crippen LogP contribution in [0.2, 0.25) is 0 Å². The number of carbonyl (C=O) groups excluding carboxylic acids is 1. The molecule has 0 radical (unpaired) electrons. The molecular formula is C19H18N2O2S. The second-order valence-electron chi connectivity index (χ2n) is 5.59. The summed E-state index contributed by atoms with van der Waals surface area (Å²) >= 11 is 1.55. The average molecular weight is 338 g/mol. The summed E-state index contributed by atoms with van der Waals surface area (Å²) < 4.78 is 5.64. The molecule has 1 aromatic carbocycles. The van der Waals surface area contributed by atoms with Gasteiger partial charge in [0.1, 0.15) is 0 Å². The Morgan fingerprint density at radius 2 is 1.79 bits per heavy atom. The molecule has 0 spiro atoms. The van der Waals surface area contributed by atoms with Crippen LogP contribution in [0.3, 0.4) is 0 Å². The standard InChI is InChI=1S/C19H18N2O2S/c1-13-9-14(2)11-16(10-13)21-19(22)17-3-4-18(23-17)24-12-15-5-7-20-8-6-15/h3-11H,12H2,1-2H3,(H,21,22). The third-order valence-electron chi connectivity index (χ3n) is 3.42. The molecule has 0 atom stereocenters. The van der Waals surface area contributed by atoms with Gasteiger partial charge in [-0.3, -0.25) is 9.78 Å². The minimum Gasteiger partial charge on any atom is -0.445 e. The number of aromatic nitrogens is 1. The van der Waals surface area contributed by atoms with E-state index >= 15 is 0 Å². The molecular weight excluding hydrogens is 320 g/mol. The molecule has 0 aliphatic rings. The van der Waals surface area contributed by atoms with Gasteiger partial charge in [-0.05, 0) is 66.9 Å². The maximum Gasteiger partial charge on any atom is 0.291 e. The lowest BCUT2D eigenvalue weighted by molar-refractivity contribution is 0.0992. The third kappa shape index (κ3) is 4.26. The van der Waals surface area contributed by atoms with Crippen LogP contribution < -0.4 is 5.32 Å². The van der Waals surface area contributed by atoms with Gasteiger partial charge in [0.15, 0.2) is 10.9 Å². The van der Waals surface area contributed by atoms with Crippen molar-refractivity contribution in [2.45, 2.75) is 24.7 Å². The minimum absolute atomic E-state index is 0.240. The van der Waals surface area contributed by atoms with Gasteiger partial charge in [-0.15, -0.1) is 0 Å². The van der Waals surface area contributed by atoms with Gasteiger partial charge in [-0.25, -0.2) is 0 Å². The molecule has 0 fully saturated rings. The van der Waals surface area contributed by atoms with Crippen LogP contribution in [-0.4, -0.2) is 10.9 Å². The predicted octanol–water partition coefficient (Wildman–Crippen LogP) is 4.84. The molecule has 24 heavy (non-hydrogen) atoms. The Balaban J connectivity index is 1.63. The molecule has 0 aliphatic carbocycles. The van der Waals surface area contributed by atoms with E-state index in [4.69, 9.17) is 4.42 Å². The molecule has 0 saturated heterocycles. The van der Waals surface area contributed by atoms with Crippen molar-refractivity contribution in [3.63, 3.8) is 0 Å². The highest BCUT2D eigenvalue weighted by molar-refractivity contribution is 7.98. The SMILES string of the molecule is Cc1cc(C)cc(NC(=O)c2ccc(SCc3ccncc3)o2)c1. The maximum absolute atomic E-state index is 12.3. The van der Waals surface area contributed by atoms with Crippen LogP contribution in [0.5, 0.6) is 0 Å². The molecule has 0 bridgehead atoms. The van der Waals surface area contributed by atoms with E-state index in [1.807, 2.05) is 44.2 Å². The first-order chi connectivity index (χ1) is 11.6. The van der Waals surface area contributed by atoms with Crippen LogP contribution in [0.1, 0.15) is 27.2 Å². The molecule has 0 saturated carbocycles. The number of rotatable bonds is 5. The first kappa shape index (κ1) is 16.3. The van der Waals surface area contributed by atoms with Crippen molar-refractivity contribution >= 4 is 23.4 Å². The Hall–Kier alpha value is -2.53. The summed E-state index contributed by atoms with van der Waals surface area (Å²) in [5.41, 5.74) is 4.16. The molecule has 122 valence electrons. The smallest absolute Gasteiger partial charge is 0.291 e. The first-order valence-electron chi connectivity index (χ1n) is 7.61. The quantitative estimate of drug-likeness (QED) is 0.677. The fraction of sp³-hybridized carbons (Fsp3) is 0.158. The number of nitrogens with one attached hydrogen (secondary N) is 1. The molecule has 2 aromatic heterocycles. The topological polar surface area (TPSA) is 55.1 Å². The lowest BCUT2D eigenvalue weighted by Crippen LogP contribution is -2.11. The van der Waals surface area contributed by atoms with E-state index in [2.05, 4.69) is 16.4 Å². The van der Waals surface area contributed by atoms with Crippen molar-refractivity contribution in [2.24, 2.45) is 0 Å². The van der Waals surface area contributed by atoms with Gasteiger partial charge < -0.3 is 9.73 Å². The van der Waals surface area contributed by atoms with E-state index < -0.39 is 0 Å². The molecule has 1 amide bonds. The minimum atomic E-state index is -0.240. The lowest BCUT2D eigenvalue weighted by atomic mass is 10.1. The molecule has 1 N–H and O–H groups in total. The molecule has 5 heteroatoms. The number of anilines is 1. The molecule has 2 heterocycles. The van der Waals surface area contributed by atoms with E-state index in [-0.39, 0.29) is 5.91 Å². The van der Waals surface area contributed by atoms with Crippen molar-refractivity contribution < 1.29 is 9.21 Å². The van der Waals surface area contributed by atoms with E-state index in [9.17, 15) is 4.79 Å². The molecule has 4 nitrogen and oxygen atoms in total. The van der Waals surface area contributed by atoms with Crippen LogP contribution in [0, 0.1) is 13.8 Å². The van der Waals surface area contributed by atoms with Crippen molar-refractivity contribution in [1.82, 2.24) is 4.98 Å². The van der Waals surface area contributed by atoms with E-state index in [0.717, 1.165) is 33.2 Å². The Kier molecular flexibility index (Phi) is 5.01. The second kappa shape index (κ2) is 7.36. The van der Waals surface area contributed by atoms with Crippen LogP contribution >= 0.6 is 11.8 Å². The summed E-state index contributed by atoms with van der Waals surface area (Å²) in [6.07, 6.45) is 3.53. The zero-order valence-corrected chi connectivity index (χ0v) is 14.4. The van der Waals surface area contributed by atoms with Crippen LogP contribution in [-0.2, 0) is 5.75 Å². The van der Waals surface area contributed by atoms with Gasteiger partial charge in [0.05, 0.1) is 0 Å². The first-order valence-corrected chi connectivity index (χ1v) is 8.60. The molecule has 0 aliphatic heterocycles. The number of hydrogen-bond acceptors (Lipinski definition) is 4. The Bertz CT molecular complexity index is 823. The summed E-state index contributed by atoms with van der Waals surface area (Å²) in [7, 11) is 0. The van der Waals surface area contributed by atoms with Crippen LogP contribution in [0.4, 0.5) is 5.69 Å². The van der Waals surface area contributed by atoms with Crippen molar-refractivity contribution in [2.75, 3.05) is 5.32 Å². The number of hydrogen-bond donors (Lipinski definition) is 1. The number of pyridine rings is 1. The highest BCUT2D eigenvalue weighted by atomic mass is 32.2. The number of benzene rings is 1. The van der Waals surface area contributed by atoms with Gasteiger partial charge in [0.25, 0.3) is 5.91 Å². The van der Waals surface area contributed by atoms with Crippen LogP contribution in [0.15, 0.2) is 64.4 Å². The summed E-state index contributed by atoms with van der Waals surface area (Å²) in [5, 5.41) is 3.60. The summed E-state index contributed by atoms with van der Waals surface area (Å²) in [5.74, 6) is 0.843. The monoisotopic (exact) mass is 338 g/mol. The number of amides is 1. The Labute approximate surface area is 145 Å². The third-order valence-corrected chi connectivity index (χ3v) is 4.40. The maximum atomic E-state index is 12.3. The van der Waals surface area contributed by atoms with Crippen molar-refractivity contribution in [3.8, 4) is 0 Å². The van der Waals surface area contributed by atoms with E-state index in [1.54, 1.807) is 30.2 Å². The zero-order chi connectivity index (χ0) is 16.9. The summed E-state index contributed by atoms with van der Waals surface area (Å²) in [6.45, 7) is 4.01. The van der Waals surface area contributed by atoms with Crippen LogP contribution in [0.25, 0.3) is 0 Å². The zero-order valence-electron chi connectivity index (χ0n) is 13.6. The van der Waals surface area contributed by atoms with Crippen molar-refractivity contribution in [3.05, 3.63) is 77.3 Å². The van der Waals surface area contributed by atoms with E-state index in [0.29, 0.717) is 5.76 Å². The second-order valence-corrected chi connectivity index (χ2v) is 6.57. The van der Waals surface area contributed by atoms with Gasteiger partial charge in [-0.2, -0.15) is 0 Å². The molecule has 0 unspecified atom stereocenters. The van der Waals surface area contributed by atoms with Gasteiger partial charge in [0.2, 0.25) is 0 Å². The van der Waals surface area contributed by atoms with Gasteiger partial charge in [-0.1, -0.05) is 17.8 Å². The fourth-order valence-corrected chi connectivity index (χ4v) is 3.21. The molecule has 3 aromatic rings. The summed E-state index contributed by atoms with van der Waals surface area (Å²) in [6, 6.07) is 13.4. The molecule has 3 rings (SSSR count). The normalized spacial score (nSPS) is 10.6. The largest absolute Gasteiger partial charge is 0.445 e. The number of nitrogens with zero attached hydrogens (tertiary/aromatic N) is 1. The predicted molar refractivity (Wildman–Crippen MR) is 96.4 cm³/mol.